The lowest BCUT2D eigenvalue weighted by molar-refractivity contribution is 0.319. The Morgan fingerprint density at radius 3 is 2.76 bits per heavy atom. The minimum Gasteiger partial charge on any atom is -0.411 e. The molecular formula is C15H15NO. The molecule has 0 bridgehead atoms. The van der Waals surface area contributed by atoms with E-state index >= 15 is 0 Å². The minimum atomic E-state index is 0.705. The molecule has 17 heavy (non-hydrogen) atoms. The van der Waals surface area contributed by atoms with Crippen molar-refractivity contribution in [1.29, 1.82) is 0 Å². The Morgan fingerprint density at radius 2 is 2.00 bits per heavy atom. The van der Waals surface area contributed by atoms with Crippen molar-refractivity contribution in [1.82, 2.24) is 0 Å². The van der Waals surface area contributed by atoms with E-state index in [-0.39, 0.29) is 0 Å². The van der Waals surface area contributed by atoms with Crippen molar-refractivity contribution in [3.63, 3.8) is 0 Å². The maximum absolute atomic E-state index is 8.94. The van der Waals surface area contributed by atoms with Crippen molar-refractivity contribution in [2.45, 2.75) is 26.7 Å². The van der Waals surface area contributed by atoms with Crippen LogP contribution in [0.3, 0.4) is 0 Å². The van der Waals surface area contributed by atoms with Gasteiger partial charge in [-0.15, -0.1) is 0 Å². The molecule has 0 unspecified atom stereocenters. The zero-order valence-corrected chi connectivity index (χ0v) is 10.1. The Hall–Kier alpha value is -1.83. The predicted octanol–water partition coefficient (Wildman–Crippen LogP) is 3.45. The molecule has 1 N–H and O–H groups in total. The van der Waals surface area contributed by atoms with Crippen LogP contribution in [-0.4, -0.2) is 10.9 Å². The summed E-state index contributed by atoms with van der Waals surface area (Å²) in [5, 5.41) is 15.0. The number of nitrogens with zero attached hydrogens (tertiary/aromatic N) is 1. The fraction of sp³-hybridized carbons (Fsp3) is 0.267. The molecule has 0 heterocycles. The van der Waals surface area contributed by atoms with Crippen LogP contribution in [0.25, 0.3) is 10.8 Å². The lowest BCUT2D eigenvalue weighted by Crippen LogP contribution is -2.00. The molecule has 0 saturated carbocycles. The Labute approximate surface area is 101 Å². The van der Waals surface area contributed by atoms with Gasteiger partial charge in [0.15, 0.2) is 0 Å². The number of benzene rings is 2. The van der Waals surface area contributed by atoms with Crippen molar-refractivity contribution >= 4 is 16.5 Å². The average molecular weight is 225 g/mol. The zero-order chi connectivity index (χ0) is 12.0. The highest BCUT2D eigenvalue weighted by Gasteiger charge is 2.19. The molecule has 0 radical (unpaired) electrons. The fourth-order valence-electron chi connectivity index (χ4n) is 2.86. The van der Waals surface area contributed by atoms with E-state index in [4.69, 9.17) is 5.21 Å². The number of rotatable bonds is 1. The third-order valence-corrected chi connectivity index (χ3v) is 3.78. The third-order valence-electron chi connectivity index (χ3n) is 3.78. The summed E-state index contributed by atoms with van der Waals surface area (Å²) in [5.74, 6) is 0. The molecule has 2 nitrogen and oxygen atoms in total. The van der Waals surface area contributed by atoms with E-state index < -0.39 is 0 Å². The molecule has 0 spiro atoms. The summed E-state index contributed by atoms with van der Waals surface area (Å²) in [4.78, 5) is 0. The first kappa shape index (κ1) is 10.3. The van der Waals surface area contributed by atoms with Crippen LogP contribution < -0.4 is 0 Å². The van der Waals surface area contributed by atoms with E-state index in [0.717, 1.165) is 18.4 Å². The maximum Gasteiger partial charge on any atom is 0.0839 e. The lowest BCUT2D eigenvalue weighted by atomic mass is 9.95. The molecule has 0 saturated heterocycles. The molecule has 2 aromatic rings. The monoisotopic (exact) mass is 225 g/mol. The Morgan fingerprint density at radius 1 is 1.18 bits per heavy atom. The van der Waals surface area contributed by atoms with Gasteiger partial charge in [0.1, 0.15) is 0 Å². The molecule has 1 aliphatic rings. The van der Waals surface area contributed by atoms with Gasteiger partial charge >= 0.3 is 0 Å². The first-order chi connectivity index (χ1) is 8.22. The molecule has 0 amide bonds. The Kier molecular flexibility index (Phi) is 2.18. The molecule has 86 valence electrons. The second kappa shape index (κ2) is 3.59. The highest BCUT2D eigenvalue weighted by molar-refractivity contribution is 6.06. The van der Waals surface area contributed by atoms with Crippen molar-refractivity contribution in [2.24, 2.45) is 5.16 Å². The summed E-state index contributed by atoms with van der Waals surface area (Å²) in [6.07, 6.45) is 2.15. The van der Waals surface area contributed by atoms with Gasteiger partial charge in [-0.05, 0) is 54.2 Å². The topological polar surface area (TPSA) is 32.6 Å². The molecule has 2 heteroatoms. The highest BCUT2D eigenvalue weighted by Crippen LogP contribution is 2.35. The summed E-state index contributed by atoms with van der Waals surface area (Å²) in [6.45, 7) is 4.00. The molecular weight excluding hydrogens is 210 g/mol. The van der Waals surface area contributed by atoms with Gasteiger partial charge in [0.05, 0.1) is 5.71 Å². The molecule has 2 aromatic carbocycles. The molecule has 0 fully saturated rings. The van der Waals surface area contributed by atoms with Gasteiger partial charge in [-0.3, -0.25) is 0 Å². The predicted molar refractivity (Wildman–Crippen MR) is 70.1 cm³/mol. The highest BCUT2D eigenvalue weighted by atomic mass is 16.4. The molecule has 1 aliphatic carbocycles. The Bertz CT molecular complexity index is 641. The van der Waals surface area contributed by atoms with Crippen LogP contribution in [0, 0.1) is 6.92 Å². The number of oxime groups is 1. The summed E-state index contributed by atoms with van der Waals surface area (Å²) in [7, 11) is 0. The van der Waals surface area contributed by atoms with Gasteiger partial charge < -0.3 is 5.21 Å². The van der Waals surface area contributed by atoms with Crippen molar-refractivity contribution in [3.8, 4) is 0 Å². The van der Waals surface area contributed by atoms with Crippen molar-refractivity contribution in [2.75, 3.05) is 0 Å². The van der Waals surface area contributed by atoms with Crippen molar-refractivity contribution in [3.05, 3.63) is 46.5 Å². The smallest absolute Gasteiger partial charge is 0.0839 e. The largest absolute Gasteiger partial charge is 0.411 e. The molecule has 0 aromatic heterocycles. The maximum atomic E-state index is 8.94. The van der Waals surface area contributed by atoms with Gasteiger partial charge in [-0.1, -0.05) is 29.4 Å². The fourth-order valence-corrected chi connectivity index (χ4v) is 2.86. The number of aryl methyl sites for hydroxylation is 3. The van der Waals surface area contributed by atoms with E-state index in [2.05, 4.69) is 36.3 Å². The van der Waals surface area contributed by atoms with E-state index in [1.165, 1.54) is 27.5 Å². The van der Waals surface area contributed by atoms with Gasteiger partial charge in [0, 0.05) is 5.56 Å². The van der Waals surface area contributed by atoms with Gasteiger partial charge in [-0.25, -0.2) is 0 Å². The van der Waals surface area contributed by atoms with Crippen LogP contribution >= 0.6 is 0 Å². The van der Waals surface area contributed by atoms with E-state index in [1.807, 2.05) is 6.92 Å². The van der Waals surface area contributed by atoms with E-state index in [0.29, 0.717) is 5.71 Å². The van der Waals surface area contributed by atoms with Gasteiger partial charge in [0.25, 0.3) is 0 Å². The number of hydrogen-bond donors (Lipinski definition) is 1. The third kappa shape index (κ3) is 1.37. The molecule has 0 aliphatic heterocycles. The standard InChI is InChI=1S/C15H15NO/c1-9-3-4-11-5-6-14-13(10(2)16-17)8-7-12(9)15(11)14/h3-4,7-8,17H,5-6H2,1-2H3/b16-10-. The van der Waals surface area contributed by atoms with Crippen LogP contribution in [0.1, 0.15) is 29.2 Å². The van der Waals surface area contributed by atoms with Crippen LogP contribution in [0.5, 0.6) is 0 Å². The normalized spacial score (nSPS) is 14.6. The summed E-state index contributed by atoms with van der Waals surface area (Å²) < 4.78 is 0. The first-order valence-corrected chi connectivity index (χ1v) is 5.95. The number of hydrogen-bond acceptors (Lipinski definition) is 2. The Balaban J connectivity index is 2.42. The van der Waals surface area contributed by atoms with E-state index in [1.54, 1.807) is 0 Å². The molecule has 0 atom stereocenters. The van der Waals surface area contributed by atoms with Crippen LogP contribution in [-0.2, 0) is 12.8 Å². The van der Waals surface area contributed by atoms with Gasteiger partial charge in [-0.2, -0.15) is 0 Å². The van der Waals surface area contributed by atoms with Crippen molar-refractivity contribution < 1.29 is 5.21 Å². The average Bonchev–Trinajstić information content (AvgIpc) is 2.78. The van der Waals surface area contributed by atoms with Crippen LogP contribution in [0.15, 0.2) is 29.4 Å². The zero-order valence-electron chi connectivity index (χ0n) is 10.1. The quantitative estimate of drug-likeness (QED) is 0.450. The first-order valence-electron chi connectivity index (χ1n) is 5.95. The summed E-state index contributed by atoms with van der Waals surface area (Å²) in [5.41, 5.74) is 5.88. The summed E-state index contributed by atoms with van der Waals surface area (Å²) in [6, 6.07) is 8.64. The van der Waals surface area contributed by atoms with Crippen LogP contribution in [0.2, 0.25) is 0 Å². The summed E-state index contributed by atoms with van der Waals surface area (Å²) >= 11 is 0. The van der Waals surface area contributed by atoms with Crippen LogP contribution in [0.4, 0.5) is 0 Å². The minimum absolute atomic E-state index is 0.705. The van der Waals surface area contributed by atoms with Gasteiger partial charge in [0.2, 0.25) is 0 Å². The second-order valence-electron chi connectivity index (χ2n) is 4.74. The second-order valence-corrected chi connectivity index (χ2v) is 4.74. The molecule has 3 rings (SSSR count). The lowest BCUT2D eigenvalue weighted by Gasteiger charge is -2.09. The SMILES string of the molecule is C/C(=N/O)c1ccc2c(C)ccc3c2c1CC3. The van der Waals surface area contributed by atoms with E-state index in [9.17, 15) is 0 Å².